The first-order chi connectivity index (χ1) is 22.7. The fourth-order valence-electron chi connectivity index (χ4n) is 7.75. The van der Waals surface area contributed by atoms with Crippen LogP contribution in [0.4, 0.5) is 0 Å². The lowest BCUT2D eigenvalue weighted by Gasteiger charge is -2.43. The smallest absolute Gasteiger partial charge is 0.307 e. The van der Waals surface area contributed by atoms with Crippen LogP contribution in [0.5, 0.6) is 5.75 Å². The van der Waals surface area contributed by atoms with Gasteiger partial charge in [0.15, 0.2) is 0 Å². The van der Waals surface area contributed by atoms with E-state index in [0.717, 1.165) is 39.0 Å². The Morgan fingerprint density at radius 1 is 1.06 bits per heavy atom. The van der Waals surface area contributed by atoms with E-state index in [1.165, 1.54) is 11.3 Å². The third-order valence-corrected chi connectivity index (χ3v) is 11.7. The van der Waals surface area contributed by atoms with E-state index in [1.54, 1.807) is 16.0 Å². The van der Waals surface area contributed by atoms with Crippen LogP contribution in [-0.2, 0) is 22.6 Å². The van der Waals surface area contributed by atoms with E-state index in [0.29, 0.717) is 68.1 Å². The molecule has 3 aliphatic heterocycles. The van der Waals surface area contributed by atoms with Crippen LogP contribution >= 0.6 is 27.3 Å². The highest BCUT2D eigenvalue weighted by Crippen LogP contribution is 2.44. The average molecular weight is 722 g/mol. The minimum atomic E-state index is -0.928. The van der Waals surface area contributed by atoms with E-state index < -0.39 is 23.8 Å². The van der Waals surface area contributed by atoms with Gasteiger partial charge in [-0.1, -0.05) is 47.0 Å². The number of carboxylic acids is 1. The molecule has 1 N–H and O–H groups in total. The molecule has 0 radical (unpaired) electrons. The summed E-state index contributed by atoms with van der Waals surface area (Å²) in [5, 5.41) is 10.9. The molecule has 4 heterocycles. The summed E-state index contributed by atoms with van der Waals surface area (Å²) in [5.41, 5.74) is 3.47. The molecule has 1 unspecified atom stereocenters. The van der Waals surface area contributed by atoms with Gasteiger partial charge in [0.25, 0.3) is 11.8 Å². The molecule has 2 fully saturated rings. The molecule has 1 aliphatic carbocycles. The molecule has 4 atom stereocenters. The van der Waals surface area contributed by atoms with Crippen molar-refractivity contribution in [3.63, 3.8) is 0 Å². The summed E-state index contributed by atoms with van der Waals surface area (Å²) < 4.78 is 7.60. The average Bonchev–Trinajstić information content (AvgIpc) is 3.81. The molecular weight excluding hydrogens is 684 g/mol. The van der Waals surface area contributed by atoms with Crippen LogP contribution in [-0.4, -0.2) is 80.8 Å². The summed E-state index contributed by atoms with van der Waals surface area (Å²) in [4.78, 5) is 63.7. The van der Waals surface area contributed by atoms with E-state index in [-0.39, 0.29) is 30.4 Å². The van der Waals surface area contributed by atoms with Crippen molar-refractivity contribution >= 4 is 51.0 Å². The third-order valence-electron chi connectivity index (χ3n) is 10.1. The highest BCUT2D eigenvalue weighted by molar-refractivity contribution is 9.10. The maximum Gasteiger partial charge on any atom is 0.307 e. The van der Waals surface area contributed by atoms with E-state index in [9.17, 15) is 24.3 Å². The second kappa shape index (κ2) is 13.0. The zero-order valence-corrected chi connectivity index (χ0v) is 28.6. The van der Waals surface area contributed by atoms with Crippen LogP contribution in [0.3, 0.4) is 0 Å². The first-order valence-electron chi connectivity index (χ1n) is 16.3. The quantitative estimate of drug-likeness (QED) is 0.343. The zero-order chi connectivity index (χ0) is 32.8. The molecule has 47 heavy (non-hydrogen) atoms. The van der Waals surface area contributed by atoms with Crippen LogP contribution in [0.1, 0.15) is 79.9 Å². The highest BCUT2D eigenvalue weighted by atomic mass is 79.9. The molecule has 246 valence electrons. The van der Waals surface area contributed by atoms with Crippen molar-refractivity contribution in [2.24, 2.45) is 11.8 Å². The van der Waals surface area contributed by atoms with Crippen molar-refractivity contribution in [3.05, 3.63) is 79.2 Å². The first kappa shape index (κ1) is 31.8. The predicted molar refractivity (Wildman–Crippen MR) is 178 cm³/mol. The molecule has 3 amide bonds. The Kier molecular flexibility index (Phi) is 8.82. The molecule has 1 saturated heterocycles. The summed E-state index contributed by atoms with van der Waals surface area (Å²) in [7, 11) is 0. The molecule has 7 rings (SSSR count). The van der Waals surface area contributed by atoms with Gasteiger partial charge >= 0.3 is 5.97 Å². The second-order valence-electron chi connectivity index (χ2n) is 12.9. The van der Waals surface area contributed by atoms with Crippen molar-refractivity contribution in [1.29, 1.82) is 0 Å². The predicted octanol–water partition coefficient (Wildman–Crippen LogP) is 5.48. The monoisotopic (exact) mass is 720 g/mol. The van der Waals surface area contributed by atoms with Gasteiger partial charge in [-0.15, -0.1) is 11.3 Å². The van der Waals surface area contributed by atoms with Crippen molar-refractivity contribution < 1.29 is 29.0 Å². The molecule has 10 nitrogen and oxygen atoms in total. The fraction of sp³-hybridized carbons (Fsp3) is 0.457. The molecule has 1 aromatic heterocycles. The molecule has 4 aliphatic rings. The maximum atomic E-state index is 14.4. The summed E-state index contributed by atoms with van der Waals surface area (Å²) >= 11 is 5.13. The first-order valence-corrected chi connectivity index (χ1v) is 17.9. The molecule has 2 aromatic carbocycles. The van der Waals surface area contributed by atoms with Gasteiger partial charge < -0.3 is 24.5 Å². The number of halogens is 1. The third kappa shape index (κ3) is 6.06. The molecular formula is C35H37BrN4O6S. The van der Waals surface area contributed by atoms with E-state index in [4.69, 9.17) is 4.74 Å². The molecule has 0 bridgehead atoms. The van der Waals surface area contributed by atoms with Gasteiger partial charge in [-0.3, -0.25) is 19.2 Å². The van der Waals surface area contributed by atoms with Crippen molar-refractivity contribution in [2.75, 3.05) is 26.2 Å². The number of benzene rings is 2. The van der Waals surface area contributed by atoms with Gasteiger partial charge in [0, 0.05) is 48.2 Å². The number of hydrogen-bond acceptors (Lipinski definition) is 7. The number of ether oxygens (including phenoxy) is 1. The van der Waals surface area contributed by atoms with Gasteiger partial charge in [-0.2, -0.15) is 0 Å². The molecule has 1 saturated carbocycles. The van der Waals surface area contributed by atoms with Crippen LogP contribution in [0.15, 0.2) is 47.1 Å². The Hall–Kier alpha value is -3.77. The summed E-state index contributed by atoms with van der Waals surface area (Å²) in [6.07, 6.45) is 5.22. The highest BCUT2D eigenvalue weighted by Gasteiger charge is 2.44. The lowest BCUT2D eigenvalue weighted by atomic mass is 9.77. The van der Waals surface area contributed by atoms with Crippen molar-refractivity contribution in [3.8, 4) is 5.75 Å². The van der Waals surface area contributed by atoms with E-state index >= 15 is 0 Å². The SMILES string of the molecule is Cc1ncc(C(=O)N2CC[C@H](Oc3ccc(Br)c4c3[C@@H](CN3Cc5ccccc5C3=O)N(C(=O)C3CCCC[C@H]3C(=O)O)CC4)C2)s1. The number of likely N-dealkylation sites (tertiary alicyclic amines) is 1. The Labute approximate surface area is 285 Å². The number of rotatable bonds is 7. The Morgan fingerprint density at radius 2 is 1.85 bits per heavy atom. The number of aromatic nitrogens is 1. The van der Waals surface area contributed by atoms with Crippen LogP contribution in [0, 0.1) is 18.8 Å². The number of amides is 3. The number of aliphatic carboxylic acids is 1. The number of hydrogen-bond donors (Lipinski definition) is 1. The van der Waals surface area contributed by atoms with E-state index in [1.807, 2.05) is 48.2 Å². The maximum absolute atomic E-state index is 14.4. The molecule has 3 aromatic rings. The van der Waals surface area contributed by atoms with Gasteiger partial charge in [-0.25, -0.2) is 4.98 Å². The number of carbonyl (C=O) groups excluding carboxylic acids is 3. The number of thiazole rings is 1. The van der Waals surface area contributed by atoms with Gasteiger partial charge in [0.2, 0.25) is 5.91 Å². The largest absolute Gasteiger partial charge is 0.488 e. The summed E-state index contributed by atoms with van der Waals surface area (Å²) in [5.74, 6) is -1.94. The Morgan fingerprint density at radius 3 is 2.60 bits per heavy atom. The van der Waals surface area contributed by atoms with Crippen LogP contribution in [0.25, 0.3) is 0 Å². The normalized spacial score (nSPS) is 23.9. The Bertz CT molecular complexity index is 1740. The number of aryl methyl sites for hydroxylation is 1. The van der Waals surface area contributed by atoms with Gasteiger partial charge in [0.05, 0.1) is 35.6 Å². The summed E-state index contributed by atoms with van der Waals surface area (Å²) in [6, 6.07) is 10.9. The fourth-order valence-corrected chi connectivity index (χ4v) is 9.04. The zero-order valence-electron chi connectivity index (χ0n) is 26.2. The number of nitrogens with zero attached hydrogens (tertiary/aromatic N) is 4. The number of carboxylic acid groups (broad SMARTS) is 1. The van der Waals surface area contributed by atoms with Crippen LogP contribution < -0.4 is 4.74 Å². The lowest BCUT2D eigenvalue weighted by Crippen LogP contribution is -2.50. The minimum Gasteiger partial charge on any atom is -0.488 e. The topological polar surface area (TPSA) is 120 Å². The lowest BCUT2D eigenvalue weighted by molar-refractivity contribution is -0.153. The molecule has 12 heteroatoms. The van der Waals surface area contributed by atoms with E-state index in [2.05, 4.69) is 20.9 Å². The minimum absolute atomic E-state index is 0.0539. The van der Waals surface area contributed by atoms with Crippen molar-refractivity contribution in [2.45, 2.75) is 64.1 Å². The number of carbonyl (C=O) groups is 4. The second-order valence-corrected chi connectivity index (χ2v) is 15.0. The standard InChI is InChI=1S/C35H37BrN4O6S/c1-20-37-16-30(47-20)34(43)38-14-12-22(18-38)46-29-11-10-27(36)26-13-15-40(33(42)24-8-4-5-9-25(24)35(44)45)28(31(26)29)19-39-17-21-6-2-3-7-23(21)32(39)41/h2-3,6-7,10-11,16,22,24-25,28H,4-5,8-9,12-15,17-19H2,1H3,(H,44,45)/t22-,24?,25+,28+/m0/s1. The number of fused-ring (bicyclic) bond motifs is 2. The molecule has 0 spiro atoms. The summed E-state index contributed by atoms with van der Waals surface area (Å²) in [6.45, 7) is 3.97. The Balaban J connectivity index is 1.21. The van der Waals surface area contributed by atoms with Crippen LogP contribution in [0.2, 0.25) is 0 Å². The van der Waals surface area contributed by atoms with Crippen molar-refractivity contribution in [1.82, 2.24) is 19.7 Å². The van der Waals surface area contributed by atoms with Gasteiger partial charge in [-0.05, 0) is 55.5 Å². The van der Waals surface area contributed by atoms with Gasteiger partial charge in [0.1, 0.15) is 16.7 Å².